The van der Waals surface area contributed by atoms with Crippen molar-refractivity contribution in [3.8, 4) is 11.3 Å². The zero-order chi connectivity index (χ0) is 19.5. The summed E-state index contributed by atoms with van der Waals surface area (Å²) >= 11 is 6.09. The van der Waals surface area contributed by atoms with Crippen LogP contribution in [0.15, 0.2) is 72.9 Å². The number of fused-ring (bicyclic) bond motifs is 1. The van der Waals surface area contributed by atoms with Gasteiger partial charge in [-0.2, -0.15) is 0 Å². The van der Waals surface area contributed by atoms with Gasteiger partial charge in [-0.25, -0.2) is 4.98 Å². The maximum absolute atomic E-state index is 11.6. The van der Waals surface area contributed by atoms with Crippen molar-refractivity contribution in [3.63, 3.8) is 0 Å². The second-order valence-electron chi connectivity index (χ2n) is 6.17. The van der Waals surface area contributed by atoms with Crippen molar-refractivity contribution in [2.75, 3.05) is 5.32 Å². The molecule has 0 amide bonds. The summed E-state index contributed by atoms with van der Waals surface area (Å²) in [5.74, 6) is 0. The van der Waals surface area contributed by atoms with Crippen LogP contribution in [0.5, 0.6) is 0 Å². The molecule has 28 heavy (non-hydrogen) atoms. The number of nitro groups is 1. The number of rotatable bonds is 5. The van der Waals surface area contributed by atoms with Crippen LogP contribution in [0.3, 0.4) is 0 Å². The molecule has 138 valence electrons. The summed E-state index contributed by atoms with van der Waals surface area (Å²) in [6.45, 7) is 0.395. The fraction of sp³-hybridized carbons (Fsp3) is 0.0476. The number of halogens is 1. The lowest BCUT2D eigenvalue weighted by molar-refractivity contribution is -0.384. The third-order valence-corrected chi connectivity index (χ3v) is 4.63. The Morgan fingerprint density at radius 1 is 1.04 bits per heavy atom. The monoisotopic (exact) mass is 390 g/mol. The van der Waals surface area contributed by atoms with E-state index in [1.165, 1.54) is 0 Å². The van der Waals surface area contributed by atoms with E-state index < -0.39 is 4.92 Å². The van der Waals surface area contributed by atoms with E-state index in [4.69, 9.17) is 11.6 Å². The summed E-state index contributed by atoms with van der Waals surface area (Å²) in [4.78, 5) is 19.6. The van der Waals surface area contributed by atoms with Crippen molar-refractivity contribution in [2.45, 2.75) is 6.54 Å². The molecule has 0 atom stereocenters. The molecule has 0 saturated carbocycles. The van der Waals surface area contributed by atoms with Gasteiger partial charge < -0.3 is 5.32 Å². The highest BCUT2D eigenvalue weighted by atomic mass is 35.5. The summed E-state index contributed by atoms with van der Waals surface area (Å²) in [7, 11) is 0. The summed E-state index contributed by atoms with van der Waals surface area (Å²) in [5.41, 5.74) is 3.56. The third kappa shape index (κ3) is 3.50. The van der Waals surface area contributed by atoms with Gasteiger partial charge in [0, 0.05) is 23.7 Å². The quantitative estimate of drug-likeness (QED) is 0.277. The van der Waals surface area contributed by atoms with E-state index in [1.54, 1.807) is 18.3 Å². The Hall–Kier alpha value is -3.51. The Bertz CT molecular complexity index is 1170. The van der Waals surface area contributed by atoms with E-state index >= 15 is 0 Å². The molecule has 6 nitrogen and oxygen atoms in total. The molecule has 0 fully saturated rings. The minimum atomic E-state index is -0.506. The topological polar surface area (TPSA) is 81.0 Å². The standard InChI is InChI=1S/C21H15ClN4O2/c22-21-20(26(27)28)19(16-8-1-2-10-18(16)25-21)24-13-14-6-5-7-15(12-14)17-9-3-4-11-23-17/h1-12H,13H2,(H,24,25). The summed E-state index contributed by atoms with van der Waals surface area (Å²) in [6, 6.07) is 20.8. The van der Waals surface area contributed by atoms with Gasteiger partial charge in [-0.3, -0.25) is 15.1 Å². The first-order chi connectivity index (χ1) is 13.6. The minimum Gasteiger partial charge on any atom is -0.375 e. The van der Waals surface area contributed by atoms with Crippen molar-refractivity contribution >= 4 is 33.9 Å². The molecule has 0 spiro atoms. The van der Waals surface area contributed by atoms with Gasteiger partial charge in [-0.05, 0) is 29.8 Å². The van der Waals surface area contributed by atoms with Crippen molar-refractivity contribution in [1.82, 2.24) is 9.97 Å². The molecule has 0 aliphatic heterocycles. The number of anilines is 1. The first-order valence-corrected chi connectivity index (χ1v) is 8.98. The zero-order valence-corrected chi connectivity index (χ0v) is 15.4. The Kier molecular flexibility index (Phi) is 4.87. The normalized spacial score (nSPS) is 10.8. The molecule has 4 rings (SSSR count). The number of hydrogen-bond donors (Lipinski definition) is 1. The minimum absolute atomic E-state index is 0.131. The molecular formula is C21H15ClN4O2. The van der Waals surface area contributed by atoms with Gasteiger partial charge in [-0.1, -0.05) is 54.1 Å². The molecule has 2 aromatic carbocycles. The highest BCUT2D eigenvalue weighted by Crippen LogP contribution is 2.37. The maximum atomic E-state index is 11.6. The fourth-order valence-corrected chi connectivity index (χ4v) is 3.34. The predicted octanol–water partition coefficient (Wildman–Crippen LogP) is 5.47. The molecule has 2 heterocycles. The number of pyridine rings is 2. The van der Waals surface area contributed by atoms with E-state index in [0.29, 0.717) is 23.1 Å². The van der Waals surface area contributed by atoms with E-state index in [0.717, 1.165) is 16.8 Å². The molecule has 0 saturated heterocycles. The first-order valence-electron chi connectivity index (χ1n) is 8.60. The van der Waals surface area contributed by atoms with Crippen molar-refractivity contribution in [2.24, 2.45) is 0 Å². The molecule has 0 radical (unpaired) electrons. The van der Waals surface area contributed by atoms with Crippen LogP contribution in [0.25, 0.3) is 22.2 Å². The largest absolute Gasteiger partial charge is 0.375 e. The van der Waals surface area contributed by atoms with Crippen LogP contribution in [0.2, 0.25) is 5.15 Å². The number of benzene rings is 2. The first kappa shape index (κ1) is 17.9. The van der Waals surface area contributed by atoms with E-state index in [9.17, 15) is 10.1 Å². The lowest BCUT2D eigenvalue weighted by atomic mass is 10.1. The number of aromatic nitrogens is 2. The van der Waals surface area contributed by atoms with Crippen LogP contribution < -0.4 is 5.32 Å². The van der Waals surface area contributed by atoms with Crippen LogP contribution in [0.1, 0.15) is 5.56 Å². The molecule has 2 aromatic heterocycles. The molecule has 0 unspecified atom stereocenters. The number of nitrogens with zero attached hydrogens (tertiary/aromatic N) is 3. The highest BCUT2D eigenvalue weighted by Gasteiger charge is 2.23. The van der Waals surface area contributed by atoms with Crippen LogP contribution in [-0.2, 0) is 6.54 Å². The summed E-state index contributed by atoms with van der Waals surface area (Å²) in [5, 5.41) is 15.3. The SMILES string of the molecule is O=[N+]([O-])c1c(Cl)nc2ccccc2c1NCc1cccc(-c2ccccn2)c1. The smallest absolute Gasteiger partial charge is 0.329 e. The lowest BCUT2D eigenvalue weighted by Crippen LogP contribution is -2.05. The Morgan fingerprint density at radius 3 is 2.64 bits per heavy atom. The maximum Gasteiger partial charge on any atom is 0.329 e. The molecule has 0 aliphatic carbocycles. The van der Waals surface area contributed by atoms with Crippen LogP contribution in [0.4, 0.5) is 11.4 Å². The van der Waals surface area contributed by atoms with Crippen LogP contribution >= 0.6 is 11.6 Å². The molecular weight excluding hydrogens is 376 g/mol. The van der Waals surface area contributed by atoms with Gasteiger partial charge >= 0.3 is 5.69 Å². The Morgan fingerprint density at radius 2 is 1.86 bits per heavy atom. The van der Waals surface area contributed by atoms with Crippen molar-refractivity contribution in [3.05, 3.63) is 93.8 Å². The third-order valence-electron chi connectivity index (χ3n) is 4.36. The second kappa shape index (κ2) is 7.62. The fourth-order valence-electron chi connectivity index (χ4n) is 3.08. The summed E-state index contributed by atoms with van der Waals surface area (Å²) < 4.78 is 0. The van der Waals surface area contributed by atoms with E-state index in [-0.39, 0.29) is 10.8 Å². The average Bonchev–Trinajstić information content (AvgIpc) is 2.72. The lowest BCUT2D eigenvalue weighted by Gasteiger charge is -2.12. The molecule has 1 N–H and O–H groups in total. The molecule has 0 aliphatic rings. The van der Waals surface area contributed by atoms with E-state index in [1.807, 2.05) is 54.6 Å². The number of para-hydroxylation sites is 1. The molecule has 0 bridgehead atoms. The van der Waals surface area contributed by atoms with Gasteiger partial charge in [0.2, 0.25) is 5.15 Å². The average molecular weight is 391 g/mol. The van der Waals surface area contributed by atoms with Gasteiger partial charge in [0.15, 0.2) is 0 Å². The van der Waals surface area contributed by atoms with E-state index in [2.05, 4.69) is 15.3 Å². The van der Waals surface area contributed by atoms with Gasteiger partial charge in [0.05, 0.1) is 16.1 Å². The zero-order valence-electron chi connectivity index (χ0n) is 14.7. The van der Waals surface area contributed by atoms with Gasteiger partial charge in [0.1, 0.15) is 5.69 Å². The number of nitrogens with one attached hydrogen (secondary N) is 1. The molecule has 4 aromatic rings. The summed E-state index contributed by atoms with van der Waals surface area (Å²) in [6.07, 6.45) is 1.74. The molecule has 7 heteroatoms. The van der Waals surface area contributed by atoms with Gasteiger partial charge in [-0.15, -0.1) is 0 Å². The van der Waals surface area contributed by atoms with Gasteiger partial charge in [0.25, 0.3) is 0 Å². The van der Waals surface area contributed by atoms with Crippen LogP contribution in [0, 0.1) is 10.1 Å². The number of hydrogen-bond acceptors (Lipinski definition) is 5. The second-order valence-corrected chi connectivity index (χ2v) is 6.53. The van der Waals surface area contributed by atoms with Crippen molar-refractivity contribution in [1.29, 1.82) is 0 Å². The highest BCUT2D eigenvalue weighted by molar-refractivity contribution is 6.33. The predicted molar refractivity (Wildman–Crippen MR) is 110 cm³/mol. The Labute approximate surface area is 166 Å². The van der Waals surface area contributed by atoms with Crippen LogP contribution in [-0.4, -0.2) is 14.9 Å². The van der Waals surface area contributed by atoms with Crippen molar-refractivity contribution < 1.29 is 4.92 Å². The Balaban J connectivity index is 1.70.